The van der Waals surface area contributed by atoms with E-state index in [1.165, 1.54) is 18.3 Å². The lowest BCUT2D eigenvalue weighted by atomic mass is 10.2. The van der Waals surface area contributed by atoms with E-state index in [2.05, 4.69) is 37.4 Å². The summed E-state index contributed by atoms with van der Waals surface area (Å²) in [5.41, 5.74) is -0.813. The third-order valence-electron chi connectivity index (χ3n) is 4.30. The Kier molecular flexibility index (Phi) is 8.75. The quantitative estimate of drug-likeness (QED) is 0.319. The zero-order valence-corrected chi connectivity index (χ0v) is 19.4. The second-order valence-electron chi connectivity index (χ2n) is 6.85. The number of anilines is 1. The van der Waals surface area contributed by atoms with Crippen LogP contribution < -0.4 is 10.6 Å². The van der Waals surface area contributed by atoms with E-state index in [9.17, 15) is 22.8 Å². The summed E-state index contributed by atoms with van der Waals surface area (Å²) in [5.74, 6) is 4.27. The molecule has 2 amide bonds. The maximum atomic E-state index is 12.8. The molecule has 0 atom stereocenters. The number of carbonyl (C=O) groups is 2. The fourth-order valence-electron chi connectivity index (χ4n) is 2.63. The van der Waals surface area contributed by atoms with Gasteiger partial charge in [0, 0.05) is 18.7 Å². The van der Waals surface area contributed by atoms with Crippen molar-refractivity contribution in [1.82, 2.24) is 20.3 Å². The number of carbonyl (C=O) groups excluding carboxylic acids is 2. The predicted octanol–water partition coefficient (Wildman–Crippen LogP) is 3.91. The third kappa shape index (κ3) is 7.22. The maximum Gasteiger partial charge on any atom is 0.416 e. The number of hydrogen-bond acceptors (Lipinski definition) is 7. The lowest BCUT2D eigenvalue weighted by Gasteiger charge is -2.09. The second-order valence-corrected chi connectivity index (χ2v) is 8.34. The molecule has 35 heavy (non-hydrogen) atoms. The zero-order valence-electron chi connectivity index (χ0n) is 17.8. The first kappa shape index (κ1) is 26.1. The Morgan fingerprint density at radius 2 is 1.97 bits per heavy atom. The average molecular weight is 524 g/mol. The van der Waals surface area contributed by atoms with Crippen LogP contribution in [0, 0.1) is 11.8 Å². The van der Waals surface area contributed by atoms with Crippen molar-refractivity contribution in [2.24, 2.45) is 0 Å². The molecule has 0 unspecified atom stereocenters. The van der Waals surface area contributed by atoms with Gasteiger partial charge in [-0.15, -0.1) is 11.3 Å². The number of rotatable bonds is 7. The van der Waals surface area contributed by atoms with Crippen molar-refractivity contribution < 1.29 is 27.9 Å². The Bertz CT molecular complexity index is 1290. The summed E-state index contributed by atoms with van der Waals surface area (Å²) >= 11 is 7.15. The molecular formula is C22H17ClF3N5O3S. The lowest BCUT2D eigenvalue weighted by molar-refractivity contribution is -0.137. The molecule has 3 rings (SSSR count). The van der Waals surface area contributed by atoms with Gasteiger partial charge in [0.2, 0.25) is 0 Å². The van der Waals surface area contributed by atoms with Crippen LogP contribution in [0.25, 0.3) is 0 Å². The molecule has 2 aromatic heterocycles. The van der Waals surface area contributed by atoms with Gasteiger partial charge in [-0.25, -0.2) is 15.0 Å². The highest BCUT2D eigenvalue weighted by Gasteiger charge is 2.30. The van der Waals surface area contributed by atoms with Crippen LogP contribution in [-0.4, -0.2) is 38.5 Å². The molecule has 2 heterocycles. The van der Waals surface area contributed by atoms with Crippen LogP contribution in [0.15, 0.2) is 36.8 Å². The first-order chi connectivity index (χ1) is 16.7. The van der Waals surface area contributed by atoms with Gasteiger partial charge in [0.05, 0.1) is 18.3 Å². The van der Waals surface area contributed by atoms with E-state index in [0.29, 0.717) is 17.8 Å². The van der Waals surface area contributed by atoms with Gasteiger partial charge in [-0.05, 0) is 30.5 Å². The summed E-state index contributed by atoms with van der Waals surface area (Å²) < 4.78 is 38.5. The molecule has 0 fully saturated rings. The fraction of sp³-hybridized carbons (Fsp3) is 0.227. The normalized spacial score (nSPS) is 10.9. The minimum atomic E-state index is -4.53. The van der Waals surface area contributed by atoms with Crippen LogP contribution in [0.2, 0.25) is 5.02 Å². The van der Waals surface area contributed by atoms with Crippen molar-refractivity contribution in [3.8, 4) is 11.8 Å². The monoisotopic (exact) mass is 523 g/mol. The van der Waals surface area contributed by atoms with Gasteiger partial charge in [-0.3, -0.25) is 9.59 Å². The van der Waals surface area contributed by atoms with Gasteiger partial charge in [-0.1, -0.05) is 23.6 Å². The summed E-state index contributed by atoms with van der Waals surface area (Å²) in [6.07, 6.45) is -1.19. The largest absolute Gasteiger partial charge is 0.416 e. The molecule has 8 nitrogen and oxygen atoms in total. The Morgan fingerprint density at radius 1 is 1.17 bits per heavy atom. The van der Waals surface area contributed by atoms with Crippen LogP contribution in [0.5, 0.6) is 0 Å². The lowest BCUT2D eigenvalue weighted by Crippen LogP contribution is -2.24. The van der Waals surface area contributed by atoms with Crippen LogP contribution in [0.1, 0.15) is 49.3 Å². The molecule has 13 heteroatoms. The van der Waals surface area contributed by atoms with E-state index < -0.39 is 23.6 Å². The Morgan fingerprint density at radius 3 is 2.71 bits per heavy atom. The highest BCUT2D eigenvalue weighted by atomic mass is 35.5. The molecule has 1 aromatic carbocycles. The van der Waals surface area contributed by atoms with E-state index in [-0.39, 0.29) is 40.1 Å². The number of aliphatic hydroxyl groups is 1. The summed E-state index contributed by atoms with van der Waals surface area (Å²) in [6.45, 7) is -0.0383. The number of hydrogen-bond donors (Lipinski definition) is 3. The minimum Gasteiger partial charge on any atom is -0.396 e. The van der Waals surface area contributed by atoms with E-state index >= 15 is 0 Å². The number of nitrogens with zero attached hydrogens (tertiary/aromatic N) is 3. The number of benzene rings is 1. The van der Waals surface area contributed by atoms with Crippen molar-refractivity contribution >= 4 is 40.4 Å². The molecule has 0 aliphatic heterocycles. The SMILES string of the molecule is O=C(Nc1cccc(C(F)(F)F)c1)c1cnc(CNC(=O)c2ncnc(C#CCCCO)c2Cl)s1. The summed E-state index contributed by atoms with van der Waals surface area (Å²) in [7, 11) is 0. The second kappa shape index (κ2) is 11.7. The van der Waals surface area contributed by atoms with Gasteiger partial charge >= 0.3 is 6.18 Å². The molecule has 0 saturated heterocycles. The fourth-order valence-corrected chi connectivity index (χ4v) is 3.61. The summed E-state index contributed by atoms with van der Waals surface area (Å²) in [6, 6.07) is 4.26. The highest BCUT2D eigenvalue weighted by molar-refractivity contribution is 7.13. The highest BCUT2D eigenvalue weighted by Crippen LogP contribution is 2.30. The third-order valence-corrected chi connectivity index (χ3v) is 5.65. The number of unbranched alkanes of at least 4 members (excludes halogenated alkanes) is 1. The smallest absolute Gasteiger partial charge is 0.396 e. The molecule has 3 aromatic rings. The van der Waals surface area contributed by atoms with Crippen LogP contribution in [0.3, 0.4) is 0 Å². The number of amides is 2. The Balaban J connectivity index is 1.61. The minimum absolute atomic E-state index is 0.00517. The number of alkyl halides is 3. The van der Waals surface area contributed by atoms with Gasteiger partial charge in [0.25, 0.3) is 11.8 Å². The van der Waals surface area contributed by atoms with Crippen LogP contribution >= 0.6 is 22.9 Å². The number of thiazole rings is 1. The molecule has 0 saturated carbocycles. The molecule has 0 radical (unpaired) electrons. The molecule has 0 aliphatic rings. The molecular weight excluding hydrogens is 507 g/mol. The standard InChI is InChI=1S/C22H17ClF3N5O3S/c23-18-15(7-2-1-3-8-32)29-12-30-19(18)21(34)28-11-17-27-10-16(35-17)20(33)31-14-6-4-5-13(9-14)22(24,25)26/h4-6,9-10,12,32H,1,3,8,11H2,(H,28,34)(H,31,33). The van der Waals surface area contributed by atoms with Crippen LogP contribution in [-0.2, 0) is 12.7 Å². The zero-order chi connectivity index (χ0) is 25.4. The van der Waals surface area contributed by atoms with E-state index in [4.69, 9.17) is 16.7 Å². The topological polar surface area (TPSA) is 117 Å². The first-order valence-electron chi connectivity index (χ1n) is 10.0. The Labute approximate surface area is 206 Å². The van der Waals surface area contributed by atoms with Crippen LogP contribution in [0.4, 0.5) is 18.9 Å². The predicted molar refractivity (Wildman–Crippen MR) is 123 cm³/mol. The summed E-state index contributed by atoms with van der Waals surface area (Å²) in [4.78, 5) is 36.9. The van der Waals surface area contributed by atoms with Gasteiger partial charge in [-0.2, -0.15) is 13.2 Å². The Hall–Kier alpha value is -3.53. The van der Waals surface area contributed by atoms with Gasteiger partial charge < -0.3 is 15.7 Å². The number of nitrogens with one attached hydrogen (secondary N) is 2. The molecule has 0 spiro atoms. The van der Waals surface area contributed by atoms with Crippen molar-refractivity contribution in [3.63, 3.8) is 0 Å². The van der Waals surface area contributed by atoms with Crippen molar-refractivity contribution in [2.75, 3.05) is 11.9 Å². The molecule has 3 N–H and O–H groups in total. The van der Waals surface area contributed by atoms with E-state index in [1.54, 1.807) is 0 Å². The molecule has 182 valence electrons. The number of halogens is 4. The average Bonchev–Trinajstić information content (AvgIpc) is 3.30. The maximum absolute atomic E-state index is 12.8. The first-order valence-corrected chi connectivity index (χ1v) is 11.2. The summed E-state index contributed by atoms with van der Waals surface area (Å²) in [5, 5.41) is 14.1. The van der Waals surface area contributed by atoms with Crippen molar-refractivity contribution in [3.05, 3.63) is 68.6 Å². The van der Waals surface area contributed by atoms with E-state index in [1.807, 2.05) is 0 Å². The molecule has 0 bridgehead atoms. The van der Waals surface area contributed by atoms with Crippen molar-refractivity contribution in [2.45, 2.75) is 25.6 Å². The van der Waals surface area contributed by atoms with Gasteiger partial charge in [0.15, 0.2) is 5.69 Å². The van der Waals surface area contributed by atoms with Gasteiger partial charge in [0.1, 0.15) is 26.9 Å². The van der Waals surface area contributed by atoms with E-state index in [0.717, 1.165) is 29.8 Å². The molecule has 0 aliphatic carbocycles. The van der Waals surface area contributed by atoms with Crippen molar-refractivity contribution in [1.29, 1.82) is 0 Å². The number of aliphatic hydroxyl groups excluding tert-OH is 1. The number of aromatic nitrogens is 3.